The molecule has 98 valence electrons. The lowest BCUT2D eigenvalue weighted by atomic mass is 10.2. The van der Waals surface area contributed by atoms with Crippen LogP contribution in [0.25, 0.3) is 0 Å². The predicted octanol–water partition coefficient (Wildman–Crippen LogP) is 3.08. The fourth-order valence-corrected chi connectivity index (χ4v) is 1.74. The molecule has 0 aliphatic carbocycles. The Morgan fingerprint density at radius 2 is 1.80 bits per heavy atom. The minimum Gasteiger partial charge on any atom is -0.267 e. The number of benzene rings is 2. The van der Waals surface area contributed by atoms with Crippen molar-refractivity contribution in [2.45, 2.75) is 0 Å². The summed E-state index contributed by atoms with van der Waals surface area (Å²) in [5, 5.41) is 12.6. The van der Waals surface area contributed by atoms with Crippen LogP contribution in [0.1, 0.15) is 21.5 Å². The molecular formula is C15H10BrN3O. The molecule has 20 heavy (non-hydrogen) atoms. The molecule has 0 unspecified atom stereocenters. The Bertz CT molecular complexity index is 670. The number of halogens is 1. The minimum atomic E-state index is -0.276. The minimum absolute atomic E-state index is 0.276. The van der Waals surface area contributed by atoms with Crippen molar-refractivity contribution >= 4 is 28.1 Å². The Labute approximate surface area is 124 Å². The standard InChI is InChI=1S/C15H10BrN3O/c16-14-7-5-13(6-8-14)15(20)19-18-10-12-3-1-11(9-17)2-4-12/h1-8,10H,(H,19,20). The van der Waals surface area contributed by atoms with Gasteiger partial charge in [-0.25, -0.2) is 5.43 Å². The Balaban J connectivity index is 1.97. The number of hydrogen-bond acceptors (Lipinski definition) is 3. The number of hydrogen-bond donors (Lipinski definition) is 1. The van der Waals surface area contributed by atoms with Crippen molar-refractivity contribution in [3.05, 3.63) is 69.7 Å². The largest absolute Gasteiger partial charge is 0.271 e. The number of hydrazone groups is 1. The van der Waals surface area contributed by atoms with Gasteiger partial charge in [0.2, 0.25) is 0 Å². The maximum Gasteiger partial charge on any atom is 0.271 e. The maximum atomic E-state index is 11.8. The summed E-state index contributed by atoms with van der Waals surface area (Å²) in [4.78, 5) is 11.8. The molecule has 2 aromatic rings. The summed E-state index contributed by atoms with van der Waals surface area (Å²) >= 11 is 3.31. The zero-order valence-electron chi connectivity index (χ0n) is 10.4. The summed E-state index contributed by atoms with van der Waals surface area (Å²) in [5.41, 5.74) is 4.37. The summed E-state index contributed by atoms with van der Waals surface area (Å²) in [6, 6.07) is 15.9. The predicted molar refractivity (Wildman–Crippen MR) is 80.4 cm³/mol. The topological polar surface area (TPSA) is 65.2 Å². The van der Waals surface area contributed by atoms with Gasteiger partial charge in [0.1, 0.15) is 0 Å². The van der Waals surface area contributed by atoms with Crippen LogP contribution in [0.4, 0.5) is 0 Å². The SMILES string of the molecule is N#Cc1ccc(C=NNC(=O)c2ccc(Br)cc2)cc1. The lowest BCUT2D eigenvalue weighted by Crippen LogP contribution is -2.17. The monoisotopic (exact) mass is 327 g/mol. The van der Waals surface area contributed by atoms with Crippen LogP contribution in [0.2, 0.25) is 0 Å². The van der Waals surface area contributed by atoms with E-state index in [-0.39, 0.29) is 5.91 Å². The Morgan fingerprint density at radius 3 is 2.40 bits per heavy atom. The van der Waals surface area contributed by atoms with Crippen LogP contribution < -0.4 is 5.43 Å². The van der Waals surface area contributed by atoms with E-state index in [1.807, 2.05) is 6.07 Å². The van der Waals surface area contributed by atoms with E-state index in [1.54, 1.807) is 48.5 Å². The molecule has 0 radical (unpaired) electrons. The van der Waals surface area contributed by atoms with Crippen LogP contribution in [-0.4, -0.2) is 12.1 Å². The number of amides is 1. The van der Waals surface area contributed by atoms with Gasteiger partial charge in [0.05, 0.1) is 17.8 Å². The average molecular weight is 328 g/mol. The molecule has 0 aromatic heterocycles. The first-order valence-corrected chi connectivity index (χ1v) is 6.57. The first-order valence-electron chi connectivity index (χ1n) is 5.78. The lowest BCUT2D eigenvalue weighted by Gasteiger charge is -1.99. The zero-order chi connectivity index (χ0) is 14.4. The van der Waals surface area contributed by atoms with E-state index in [4.69, 9.17) is 5.26 Å². The van der Waals surface area contributed by atoms with Crippen LogP contribution in [0.5, 0.6) is 0 Å². The van der Waals surface area contributed by atoms with Gasteiger partial charge in [-0.3, -0.25) is 4.79 Å². The second-order valence-electron chi connectivity index (χ2n) is 3.94. The molecule has 5 heteroatoms. The molecule has 0 bridgehead atoms. The number of carbonyl (C=O) groups excluding carboxylic acids is 1. The zero-order valence-corrected chi connectivity index (χ0v) is 12.0. The smallest absolute Gasteiger partial charge is 0.267 e. The van der Waals surface area contributed by atoms with E-state index in [9.17, 15) is 4.79 Å². The number of nitriles is 1. The average Bonchev–Trinajstić information content (AvgIpc) is 2.48. The molecule has 0 heterocycles. The second-order valence-corrected chi connectivity index (χ2v) is 4.86. The van der Waals surface area contributed by atoms with Gasteiger partial charge >= 0.3 is 0 Å². The van der Waals surface area contributed by atoms with Gasteiger partial charge < -0.3 is 0 Å². The van der Waals surface area contributed by atoms with Crippen molar-refractivity contribution in [3.63, 3.8) is 0 Å². The van der Waals surface area contributed by atoms with E-state index in [0.717, 1.165) is 10.0 Å². The van der Waals surface area contributed by atoms with Crippen molar-refractivity contribution in [1.82, 2.24) is 5.43 Å². The molecule has 0 saturated carbocycles. The fraction of sp³-hybridized carbons (Fsp3) is 0. The number of carbonyl (C=O) groups is 1. The Morgan fingerprint density at radius 1 is 1.15 bits per heavy atom. The maximum absolute atomic E-state index is 11.8. The van der Waals surface area contributed by atoms with Crippen molar-refractivity contribution in [2.75, 3.05) is 0 Å². The quantitative estimate of drug-likeness (QED) is 0.695. The summed E-state index contributed by atoms with van der Waals surface area (Å²) in [6.07, 6.45) is 1.53. The lowest BCUT2D eigenvalue weighted by molar-refractivity contribution is 0.0955. The van der Waals surface area contributed by atoms with Crippen LogP contribution in [0, 0.1) is 11.3 Å². The van der Waals surface area contributed by atoms with E-state index in [0.29, 0.717) is 11.1 Å². The molecule has 0 aliphatic heterocycles. The van der Waals surface area contributed by atoms with E-state index in [2.05, 4.69) is 26.5 Å². The molecular weight excluding hydrogens is 318 g/mol. The van der Waals surface area contributed by atoms with Crippen LogP contribution >= 0.6 is 15.9 Å². The molecule has 2 aromatic carbocycles. The summed E-state index contributed by atoms with van der Waals surface area (Å²) in [5.74, 6) is -0.276. The molecule has 2 rings (SSSR count). The number of rotatable bonds is 3. The third kappa shape index (κ3) is 3.77. The first-order chi connectivity index (χ1) is 9.69. The Kier molecular flexibility index (Phi) is 4.64. The van der Waals surface area contributed by atoms with E-state index in [1.165, 1.54) is 6.21 Å². The number of nitrogens with one attached hydrogen (secondary N) is 1. The molecule has 0 atom stereocenters. The summed E-state index contributed by atoms with van der Waals surface area (Å²) in [6.45, 7) is 0. The van der Waals surface area contributed by atoms with Gasteiger partial charge in [-0.1, -0.05) is 28.1 Å². The Hall–Kier alpha value is -2.45. The van der Waals surface area contributed by atoms with Crippen molar-refractivity contribution in [3.8, 4) is 6.07 Å². The van der Waals surface area contributed by atoms with Gasteiger partial charge in [0.25, 0.3) is 5.91 Å². The van der Waals surface area contributed by atoms with Crippen LogP contribution in [-0.2, 0) is 0 Å². The number of nitrogens with zero attached hydrogens (tertiary/aromatic N) is 2. The molecule has 1 amide bonds. The van der Waals surface area contributed by atoms with Gasteiger partial charge in [-0.15, -0.1) is 0 Å². The van der Waals surface area contributed by atoms with Crippen molar-refractivity contribution < 1.29 is 4.79 Å². The van der Waals surface area contributed by atoms with E-state index >= 15 is 0 Å². The molecule has 0 spiro atoms. The van der Waals surface area contributed by atoms with Gasteiger partial charge in [-0.05, 0) is 42.0 Å². The molecule has 1 N–H and O–H groups in total. The van der Waals surface area contributed by atoms with Crippen molar-refractivity contribution in [2.24, 2.45) is 5.10 Å². The molecule has 4 nitrogen and oxygen atoms in total. The molecule has 0 fully saturated rings. The second kappa shape index (κ2) is 6.64. The molecule has 0 saturated heterocycles. The van der Waals surface area contributed by atoms with Crippen molar-refractivity contribution in [1.29, 1.82) is 5.26 Å². The highest BCUT2D eigenvalue weighted by molar-refractivity contribution is 9.10. The van der Waals surface area contributed by atoms with Crippen LogP contribution in [0.3, 0.4) is 0 Å². The van der Waals surface area contributed by atoms with Crippen LogP contribution in [0.15, 0.2) is 58.1 Å². The van der Waals surface area contributed by atoms with Gasteiger partial charge in [-0.2, -0.15) is 10.4 Å². The first kappa shape index (κ1) is 14.0. The summed E-state index contributed by atoms with van der Waals surface area (Å²) < 4.78 is 0.912. The highest BCUT2D eigenvalue weighted by atomic mass is 79.9. The normalized spacial score (nSPS) is 10.2. The molecule has 0 aliphatic rings. The highest BCUT2D eigenvalue weighted by Gasteiger charge is 2.02. The van der Waals surface area contributed by atoms with E-state index < -0.39 is 0 Å². The summed E-state index contributed by atoms with van der Waals surface area (Å²) in [7, 11) is 0. The highest BCUT2D eigenvalue weighted by Crippen LogP contribution is 2.10. The van der Waals surface area contributed by atoms with Gasteiger partial charge in [0, 0.05) is 10.0 Å². The fourth-order valence-electron chi connectivity index (χ4n) is 1.47. The third-order valence-corrected chi connectivity index (χ3v) is 3.05. The third-order valence-electron chi connectivity index (χ3n) is 2.53. The van der Waals surface area contributed by atoms with Gasteiger partial charge in [0.15, 0.2) is 0 Å².